The standard InChI is InChI=1S/C15H26N4O.HI/c1-5-16-14(18-8-11-6-7-11)19-10-13-17-9-12(20-13)15(2,3)4;/h9,11H,5-8,10H2,1-4H3,(H2,16,18,19);1H. The number of rotatable bonds is 5. The lowest BCUT2D eigenvalue weighted by Gasteiger charge is -2.13. The predicted octanol–water partition coefficient (Wildman–Crippen LogP) is 3.06. The van der Waals surface area contributed by atoms with Gasteiger partial charge >= 0.3 is 0 Å². The van der Waals surface area contributed by atoms with Gasteiger partial charge in [0, 0.05) is 18.5 Å². The van der Waals surface area contributed by atoms with Crippen LogP contribution in [0.2, 0.25) is 0 Å². The zero-order valence-corrected chi connectivity index (χ0v) is 15.7. The van der Waals surface area contributed by atoms with E-state index in [1.807, 2.05) is 0 Å². The van der Waals surface area contributed by atoms with Crippen molar-refractivity contribution in [2.45, 2.75) is 52.5 Å². The molecule has 0 amide bonds. The predicted molar refractivity (Wildman–Crippen MR) is 96.2 cm³/mol. The summed E-state index contributed by atoms with van der Waals surface area (Å²) in [5.74, 6) is 3.24. The second kappa shape index (κ2) is 8.00. The Morgan fingerprint density at radius 1 is 1.38 bits per heavy atom. The third-order valence-corrected chi connectivity index (χ3v) is 3.26. The van der Waals surface area contributed by atoms with Crippen LogP contribution in [-0.4, -0.2) is 24.0 Å². The molecule has 2 rings (SSSR count). The smallest absolute Gasteiger partial charge is 0.216 e. The fraction of sp³-hybridized carbons (Fsp3) is 0.733. The van der Waals surface area contributed by atoms with Gasteiger partial charge < -0.3 is 15.1 Å². The second-order valence-electron chi connectivity index (χ2n) is 6.39. The average Bonchev–Trinajstić information content (AvgIpc) is 3.07. The van der Waals surface area contributed by atoms with Gasteiger partial charge in [-0.25, -0.2) is 9.98 Å². The van der Waals surface area contributed by atoms with E-state index in [4.69, 9.17) is 4.42 Å². The molecule has 0 unspecified atom stereocenters. The van der Waals surface area contributed by atoms with Crippen LogP contribution < -0.4 is 10.6 Å². The van der Waals surface area contributed by atoms with Crippen LogP contribution in [0.15, 0.2) is 15.6 Å². The van der Waals surface area contributed by atoms with Gasteiger partial charge in [-0.05, 0) is 25.7 Å². The van der Waals surface area contributed by atoms with Crippen molar-refractivity contribution in [3.63, 3.8) is 0 Å². The molecule has 1 aliphatic rings. The fourth-order valence-corrected chi connectivity index (χ4v) is 1.78. The highest BCUT2D eigenvalue weighted by atomic mass is 127. The summed E-state index contributed by atoms with van der Waals surface area (Å²) in [6.45, 7) is 10.7. The van der Waals surface area contributed by atoms with Crippen molar-refractivity contribution < 1.29 is 4.42 Å². The molecule has 6 heteroatoms. The summed E-state index contributed by atoms with van der Waals surface area (Å²) in [4.78, 5) is 8.81. The van der Waals surface area contributed by atoms with Gasteiger partial charge in [-0.1, -0.05) is 20.8 Å². The quantitative estimate of drug-likeness (QED) is 0.448. The van der Waals surface area contributed by atoms with Crippen molar-refractivity contribution in [3.05, 3.63) is 17.8 Å². The molecule has 1 aromatic rings. The molecule has 120 valence electrons. The summed E-state index contributed by atoms with van der Waals surface area (Å²) >= 11 is 0. The van der Waals surface area contributed by atoms with Crippen LogP contribution in [0.25, 0.3) is 0 Å². The lowest BCUT2D eigenvalue weighted by Crippen LogP contribution is -2.38. The molecule has 1 heterocycles. The van der Waals surface area contributed by atoms with Crippen molar-refractivity contribution in [1.29, 1.82) is 0 Å². The number of hydrogen-bond donors (Lipinski definition) is 2. The molecular formula is C15H27IN4O. The Labute approximate surface area is 144 Å². The highest BCUT2D eigenvalue weighted by molar-refractivity contribution is 14.0. The van der Waals surface area contributed by atoms with Gasteiger partial charge in [0.25, 0.3) is 0 Å². The van der Waals surface area contributed by atoms with E-state index in [0.29, 0.717) is 12.4 Å². The van der Waals surface area contributed by atoms with E-state index in [-0.39, 0.29) is 29.4 Å². The molecule has 2 N–H and O–H groups in total. The van der Waals surface area contributed by atoms with Crippen molar-refractivity contribution in [3.8, 4) is 0 Å². The lowest BCUT2D eigenvalue weighted by atomic mass is 9.94. The monoisotopic (exact) mass is 406 g/mol. The fourth-order valence-electron chi connectivity index (χ4n) is 1.78. The van der Waals surface area contributed by atoms with Gasteiger partial charge in [0.15, 0.2) is 5.96 Å². The van der Waals surface area contributed by atoms with E-state index < -0.39 is 0 Å². The van der Waals surface area contributed by atoms with Gasteiger partial charge in [-0.15, -0.1) is 24.0 Å². The van der Waals surface area contributed by atoms with Crippen LogP contribution in [-0.2, 0) is 12.0 Å². The molecule has 0 atom stereocenters. The van der Waals surface area contributed by atoms with Crippen LogP contribution in [0.3, 0.4) is 0 Å². The first-order valence-corrected chi connectivity index (χ1v) is 7.46. The van der Waals surface area contributed by atoms with Crippen molar-refractivity contribution in [1.82, 2.24) is 15.6 Å². The lowest BCUT2D eigenvalue weighted by molar-refractivity contribution is 0.383. The summed E-state index contributed by atoms with van der Waals surface area (Å²) in [5.41, 5.74) is -0.0102. The van der Waals surface area contributed by atoms with Crippen LogP contribution in [0.5, 0.6) is 0 Å². The van der Waals surface area contributed by atoms with Crippen LogP contribution in [0, 0.1) is 5.92 Å². The molecule has 5 nitrogen and oxygen atoms in total. The van der Waals surface area contributed by atoms with E-state index in [2.05, 4.69) is 48.3 Å². The largest absolute Gasteiger partial charge is 0.443 e. The number of nitrogens with one attached hydrogen (secondary N) is 2. The molecule has 0 radical (unpaired) electrons. The summed E-state index contributed by atoms with van der Waals surface area (Å²) in [6, 6.07) is 0. The zero-order valence-electron chi connectivity index (χ0n) is 13.4. The molecular weight excluding hydrogens is 379 g/mol. The van der Waals surface area contributed by atoms with Crippen LogP contribution in [0.1, 0.15) is 52.2 Å². The number of nitrogens with zero attached hydrogens (tertiary/aromatic N) is 2. The molecule has 1 aliphatic carbocycles. The van der Waals surface area contributed by atoms with E-state index >= 15 is 0 Å². The molecule has 0 aromatic carbocycles. The van der Waals surface area contributed by atoms with Gasteiger partial charge in [-0.2, -0.15) is 0 Å². The third-order valence-electron chi connectivity index (χ3n) is 3.26. The Morgan fingerprint density at radius 3 is 2.62 bits per heavy atom. The zero-order chi connectivity index (χ0) is 14.6. The van der Waals surface area contributed by atoms with E-state index in [0.717, 1.165) is 30.7 Å². The summed E-state index contributed by atoms with van der Waals surface area (Å²) in [6.07, 6.45) is 4.47. The first-order valence-electron chi connectivity index (χ1n) is 7.46. The number of oxazole rings is 1. The number of halogens is 1. The van der Waals surface area contributed by atoms with Gasteiger partial charge in [0.1, 0.15) is 12.3 Å². The summed E-state index contributed by atoms with van der Waals surface area (Å²) in [5, 5.41) is 6.60. The highest BCUT2D eigenvalue weighted by Crippen LogP contribution is 2.27. The van der Waals surface area contributed by atoms with Crippen molar-refractivity contribution >= 4 is 29.9 Å². The molecule has 1 aromatic heterocycles. The summed E-state index contributed by atoms with van der Waals surface area (Å²) < 4.78 is 5.74. The van der Waals surface area contributed by atoms with Crippen LogP contribution >= 0.6 is 24.0 Å². The summed E-state index contributed by atoms with van der Waals surface area (Å²) in [7, 11) is 0. The maximum atomic E-state index is 5.74. The SMILES string of the molecule is CCNC(=NCc1ncc(C(C)(C)C)o1)NCC1CC1.I. The molecule has 21 heavy (non-hydrogen) atoms. The maximum absolute atomic E-state index is 5.74. The Kier molecular flexibility index (Phi) is 6.96. The molecule has 0 aliphatic heterocycles. The average molecular weight is 406 g/mol. The maximum Gasteiger partial charge on any atom is 0.216 e. The molecule has 1 fully saturated rings. The van der Waals surface area contributed by atoms with E-state index in [1.54, 1.807) is 6.20 Å². The number of guanidine groups is 1. The molecule has 1 saturated carbocycles. The highest BCUT2D eigenvalue weighted by Gasteiger charge is 2.21. The number of aliphatic imine (C=N–C) groups is 1. The van der Waals surface area contributed by atoms with Crippen LogP contribution in [0.4, 0.5) is 0 Å². The Morgan fingerprint density at radius 2 is 2.10 bits per heavy atom. The molecule has 0 saturated heterocycles. The Bertz CT molecular complexity index is 460. The molecule has 0 bridgehead atoms. The first-order chi connectivity index (χ1) is 9.49. The minimum Gasteiger partial charge on any atom is -0.443 e. The van der Waals surface area contributed by atoms with E-state index in [9.17, 15) is 0 Å². The Hall–Kier alpha value is -0.790. The number of hydrogen-bond acceptors (Lipinski definition) is 3. The Balaban J connectivity index is 0.00000220. The van der Waals surface area contributed by atoms with Crippen molar-refractivity contribution in [2.75, 3.05) is 13.1 Å². The normalized spacial score (nSPS) is 15.5. The second-order valence-corrected chi connectivity index (χ2v) is 6.39. The topological polar surface area (TPSA) is 62.5 Å². The van der Waals surface area contributed by atoms with Crippen molar-refractivity contribution in [2.24, 2.45) is 10.9 Å². The van der Waals surface area contributed by atoms with Gasteiger partial charge in [-0.3, -0.25) is 0 Å². The minimum atomic E-state index is -0.0102. The van der Waals surface area contributed by atoms with Gasteiger partial charge in [0.05, 0.1) is 6.20 Å². The van der Waals surface area contributed by atoms with Gasteiger partial charge in [0.2, 0.25) is 5.89 Å². The molecule has 0 spiro atoms. The third kappa shape index (κ3) is 6.23. The minimum absolute atomic E-state index is 0. The first kappa shape index (κ1) is 18.3. The van der Waals surface area contributed by atoms with E-state index in [1.165, 1.54) is 12.8 Å². The number of aromatic nitrogens is 1.